The van der Waals surface area contributed by atoms with Crippen molar-refractivity contribution in [3.63, 3.8) is 0 Å². The zero-order valence-corrected chi connectivity index (χ0v) is 20.8. The van der Waals surface area contributed by atoms with E-state index in [1.54, 1.807) is 6.20 Å². The summed E-state index contributed by atoms with van der Waals surface area (Å²) in [7, 11) is 0. The Morgan fingerprint density at radius 3 is 2.57 bits per heavy atom. The number of fused-ring (bicyclic) bond motifs is 3. The summed E-state index contributed by atoms with van der Waals surface area (Å²) in [5.41, 5.74) is 7.52. The summed E-state index contributed by atoms with van der Waals surface area (Å²) in [6.45, 7) is 4.75. The molecule has 2 aromatic carbocycles. The first-order valence-corrected chi connectivity index (χ1v) is 12.7. The van der Waals surface area contributed by atoms with Crippen molar-refractivity contribution in [3.05, 3.63) is 76.5 Å². The lowest BCUT2D eigenvalue weighted by molar-refractivity contribution is -0.139. The number of hydrogen-bond donors (Lipinski definition) is 1. The van der Waals surface area contributed by atoms with Gasteiger partial charge in [0.25, 0.3) is 0 Å². The van der Waals surface area contributed by atoms with Crippen LogP contribution in [-0.4, -0.2) is 28.6 Å². The molecule has 192 valence electrons. The van der Waals surface area contributed by atoms with Crippen molar-refractivity contribution in [2.24, 2.45) is 17.8 Å². The third kappa shape index (κ3) is 4.56. The first-order valence-electron chi connectivity index (χ1n) is 12.7. The Labute approximate surface area is 214 Å². The fraction of sp³-hybridized carbons (Fsp3) is 0.400. The molecule has 7 heteroatoms. The molecule has 0 unspecified atom stereocenters. The third-order valence-electron chi connectivity index (χ3n) is 8.04. The molecule has 37 heavy (non-hydrogen) atoms. The molecule has 0 aliphatic heterocycles. The number of pyridine rings is 1. The predicted molar refractivity (Wildman–Crippen MR) is 134 cm³/mol. The van der Waals surface area contributed by atoms with E-state index in [-0.39, 0.29) is 36.5 Å². The van der Waals surface area contributed by atoms with Crippen LogP contribution in [0, 0.1) is 31.6 Å². The zero-order valence-electron chi connectivity index (χ0n) is 20.8. The van der Waals surface area contributed by atoms with E-state index >= 15 is 0 Å². The van der Waals surface area contributed by atoms with Crippen molar-refractivity contribution in [2.45, 2.75) is 51.6 Å². The normalized spacial score (nSPS) is 23.1. The number of halogens is 2. The van der Waals surface area contributed by atoms with Crippen LogP contribution in [0.15, 0.2) is 48.7 Å². The lowest BCUT2D eigenvalue weighted by Crippen LogP contribution is -2.38. The van der Waals surface area contributed by atoms with Crippen LogP contribution in [0.3, 0.4) is 0 Å². The maximum atomic E-state index is 13.1. The van der Waals surface area contributed by atoms with Gasteiger partial charge < -0.3 is 14.6 Å². The molecule has 3 aromatic rings. The maximum Gasteiger partial charge on any atom is 0.307 e. The molecule has 3 atom stereocenters. The number of aryl methyl sites for hydroxylation is 2. The second-order valence-electron chi connectivity index (χ2n) is 10.8. The molecule has 2 saturated carbocycles. The Balaban J connectivity index is 1.11. The van der Waals surface area contributed by atoms with Gasteiger partial charge in [0.1, 0.15) is 12.4 Å². The van der Waals surface area contributed by atoms with Crippen LogP contribution in [0.25, 0.3) is 11.1 Å². The molecule has 0 saturated heterocycles. The summed E-state index contributed by atoms with van der Waals surface area (Å²) >= 11 is 0. The highest BCUT2D eigenvalue weighted by molar-refractivity contribution is 5.77. The molecule has 1 aromatic heterocycles. The molecule has 0 radical (unpaired) electrons. The molecular weight excluding hydrogens is 476 g/mol. The van der Waals surface area contributed by atoms with Gasteiger partial charge >= 0.3 is 5.97 Å². The standard InChI is InChI=1S/C30H29F2NO4/c1-16-6-22(36-15-19-11-30(31,32)12-19)7-17(2)26(16)20-5-3-4-18(8-20)14-37-25-10-21-9-23-27(24(21)13-33-25)28(23)29(34)35/h3-8,10,13,19,23,27-28H,9,11-12,14-15H2,1-2H3,(H,34,35)/t23-,27-,28+/m1/s1. The molecule has 2 fully saturated rings. The number of aromatic nitrogens is 1. The number of aliphatic carboxylic acids is 1. The largest absolute Gasteiger partial charge is 0.493 e. The number of nitrogens with zero attached hydrogens (tertiary/aromatic N) is 1. The zero-order chi connectivity index (χ0) is 25.9. The van der Waals surface area contributed by atoms with Gasteiger partial charge in [-0.2, -0.15) is 0 Å². The maximum absolute atomic E-state index is 13.1. The molecule has 6 rings (SSSR count). The topological polar surface area (TPSA) is 68.7 Å². The number of carbonyl (C=O) groups is 1. The summed E-state index contributed by atoms with van der Waals surface area (Å²) in [6.07, 6.45) is 2.37. The molecule has 1 heterocycles. The molecular formula is C30H29F2NO4. The summed E-state index contributed by atoms with van der Waals surface area (Å²) < 4.78 is 38.0. The minimum atomic E-state index is -2.53. The van der Waals surface area contributed by atoms with Crippen LogP contribution >= 0.6 is 0 Å². The number of hydrogen-bond acceptors (Lipinski definition) is 4. The van der Waals surface area contributed by atoms with Crippen molar-refractivity contribution < 1.29 is 28.2 Å². The van der Waals surface area contributed by atoms with E-state index in [9.17, 15) is 18.7 Å². The quantitative estimate of drug-likeness (QED) is 0.387. The molecule has 3 aliphatic carbocycles. The van der Waals surface area contributed by atoms with Crippen molar-refractivity contribution >= 4 is 5.97 Å². The smallest absolute Gasteiger partial charge is 0.307 e. The van der Waals surface area contributed by atoms with E-state index in [0.29, 0.717) is 24.8 Å². The van der Waals surface area contributed by atoms with Crippen LogP contribution < -0.4 is 9.47 Å². The van der Waals surface area contributed by atoms with Gasteiger partial charge in [0.15, 0.2) is 0 Å². The Morgan fingerprint density at radius 1 is 1.11 bits per heavy atom. The Bertz CT molecular complexity index is 1360. The number of rotatable bonds is 8. The van der Waals surface area contributed by atoms with Gasteiger partial charge in [0.2, 0.25) is 11.8 Å². The monoisotopic (exact) mass is 505 g/mol. The van der Waals surface area contributed by atoms with Crippen molar-refractivity contribution in [2.75, 3.05) is 6.61 Å². The summed E-state index contributed by atoms with van der Waals surface area (Å²) in [4.78, 5) is 15.7. The molecule has 0 amide bonds. The number of carboxylic acids is 1. The van der Waals surface area contributed by atoms with E-state index < -0.39 is 11.9 Å². The SMILES string of the molecule is Cc1cc(OCC2CC(F)(F)C2)cc(C)c1-c1cccc(COc2cc3c(cn2)[C@H]2[C@@H](C3)[C@@H]2C(=O)O)c1. The lowest BCUT2D eigenvalue weighted by Gasteiger charge is -2.34. The fourth-order valence-corrected chi connectivity index (χ4v) is 6.24. The van der Waals surface area contributed by atoms with Crippen LogP contribution in [0.5, 0.6) is 11.6 Å². The Hall–Kier alpha value is -3.48. The first kappa shape index (κ1) is 23.9. The molecule has 0 bridgehead atoms. The van der Waals surface area contributed by atoms with E-state index in [1.165, 1.54) is 0 Å². The fourth-order valence-electron chi connectivity index (χ4n) is 6.24. The van der Waals surface area contributed by atoms with E-state index in [4.69, 9.17) is 9.47 Å². The molecule has 5 nitrogen and oxygen atoms in total. The van der Waals surface area contributed by atoms with Gasteiger partial charge in [-0.25, -0.2) is 13.8 Å². The van der Waals surface area contributed by atoms with Gasteiger partial charge in [-0.05, 0) is 83.3 Å². The average Bonchev–Trinajstić information content (AvgIpc) is 3.42. The van der Waals surface area contributed by atoms with E-state index in [1.807, 2.05) is 44.2 Å². The molecule has 3 aliphatic rings. The minimum Gasteiger partial charge on any atom is -0.493 e. The van der Waals surface area contributed by atoms with Gasteiger partial charge in [0.05, 0.1) is 12.5 Å². The van der Waals surface area contributed by atoms with Gasteiger partial charge in [-0.15, -0.1) is 0 Å². The lowest BCUT2D eigenvalue weighted by atomic mass is 9.82. The number of alkyl halides is 2. The van der Waals surface area contributed by atoms with Crippen molar-refractivity contribution in [3.8, 4) is 22.8 Å². The second-order valence-corrected chi connectivity index (χ2v) is 10.8. The van der Waals surface area contributed by atoms with E-state index in [0.717, 1.165) is 45.4 Å². The van der Waals surface area contributed by atoms with Crippen molar-refractivity contribution in [1.82, 2.24) is 4.98 Å². The van der Waals surface area contributed by atoms with Crippen LogP contribution in [0.2, 0.25) is 0 Å². The number of benzene rings is 2. The predicted octanol–water partition coefficient (Wildman–Crippen LogP) is 6.34. The summed E-state index contributed by atoms with van der Waals surface area (Å²) in [5, 5.41) is 9.30. The average molecular weight is 506 g/mol. The molecule has 1 N–H and O–H groups in total. The second kappa shape index (κ2) is 8.82. The Kier molecular flexibility index (Phi) is 5.70. The van der Waals surface area contributed by atoms with Gasteiger partial charge in [-0.3, -0.25) is 4.79 Å². The number of carboxylic acid groups (broad SMARTS) is 1. The summed E-state index contributed by atoms with van der Waals surface area (Å²) in [5.74, 6) is -2.01. The Morgan fingerprint density at radius 2 is 1.86 bits per heavy atom. The van der Waals surface area contributed by atoms with Crippen LogP contribution in [0.1, 0.15) is 46.6 Å². The highest BCUT2D eigenvalue weighted by Crippen LogP contribution is 2.61. The highest BCUT2D eigenvalue weighted by Gasteiger charge is 2.60. The highest BCUT2D eigenvalue weighted by atomic mass is 19.3. The van der Waals surface area contributed by atoms with E-state index in [2.05, 4.69) is 17.1 Å². The number of ether oxygens (including phenoxy) is 2. The van der Waals surface area contributed by atoms with Crippen LogP contribution in [-0.2, 0) is 17.8 Å². The minimum absolute atomic E-state index is 0.0838. The molecule has 0 spiro atoms. The summed E-state index contributed by atoms with van der Waals surface area (Å²) in [6, 6.07) is 14.1. The van der Waals surface area contributed by atoms with Gasteiger partial charge in [0, 0.05) is 36.9 Å². The van der Waals surface area contributed by atoms with Gasteiger partial charge in [-0.1, -0.05) is 18.2 Å². The third-order valence-corrected chi connectivity index (χ3v) is 8.04. The van der Waals surface area contributed by atoms with Crippen molar-refractivity contribution in [1.29, 1.82) is 0 Å². The first-order chi connectivity index (χ1) is 17.7. The van der Waals surface area contributed by atoms with Crippen LogP contribution in [0.4, 0.5) is 8.78 Å².